The van der Waals surface area contributed by atoms with Crippen LogP contribution in [0.1, 0.15) is 30.5 Å². The molecule has 1 heterocycles. The fourth-order valence-electron chi connectivity index (χ4n) is 3.83. The van der Waals surface area contributed by atoms with Crippen LogP contribution in [-0.2, 0) is 16.0 Å². The number of carbonyl (C=O) groups is 2. The molecular weight excluding hydrogens is 408 g/mol. The third-order valence-corrected chi connectivity index (χ3v) is 5.48. The van der Waals surface area contributed by atoms with Gasteiger partial charge in [-0.2, -0.15) is 0 Å². The van der Waals surface area contributed by atoms with Crippen LogP contribution in [-0.4, -0.2) is 65.5 Å². The van der Waals surface area contributed by atoms with E-state index in [1.807, 2.05) is 49.3 Å². The van der Waals surface area contributed by atoms with E-state index in [-0.39, 0.29) is 29.3 Å². The largest absolute Gasteiger partial charge is 0.504 e. The van der Waals surface area contributed by atoms with Crippen molar-refractivity contribution in [1.29, 1.82) is 0 Å². The highest BCUT2D eigenvalue weighted by Gasteiger charge is 2.43. The average Bonchev–Trinajstić information content (AvgIpc) is 3.03. The summed E-state index contributed by atoms with van der Waals surface area (Å²) in [5.74, 6) is -1.09. The molecule has 1 aliphatic rings. The van der Waals surface area contributed by atoms with E-state index in [1.165, 1.54) is 11.0 Å². The Labute approximate surface area is 188 Å². The van der Waals surface area contributed by atoms with E-state index in [0.717, 1.165) is 5.56 Å². The topological polar surface area (TPSA) is 90.3 Å². The van der Waals surface area contributed by atoms with Crippen molar-refractivity contribution >= 4 is 11.7 Å². The van der Waals surface area contributed by atoms with E-state index in [9.17, 15) is 19.8 Å². The second kappa shape index (κ2) is 10.3. The van der Waals surface area contributed by atoms with Gasteiger partial charge in [-0.15, -0.1) is 0 Å². The number of aryl methyl sites for hydroxylation is 1. The Kier molecular flexibility index (Phi) is 7.53. The number of aliphatic hydroxyl groups excluding tert-OH is 1. The van der Waals surface area contributed by atoms with E-state index < -0.39 is 17.7 Å². The molecule has 0 spiro atoms. The zero-order chi connectivity index (χ0) is 23.3. The molecule has 0 aliphatic carbocycles. The van der Waals surface area contributed by atoms with Crippen molar-refractivity contribution in [2.45, 2.75) is 25.8 Å². The Morgan fingerprint density at radius 3 is 2.50 bits per heavy atom. The first kappa shape index (κ1) is 23.3. The Bertz CT molecular complexity index is 1000. The molecule has 1 amide bonds. The predicted molar refractivity (Wildman–Crippen MR) is 122 cm³/mol. The zero-order valence-corrected chi connectivity index (χ0v) is 18.7. The van der Waals surface area contributed by atoms with Gasteiger partial charge >= 0.3 is 0 Å². The molecular formula is C25H30N2O5. The van der Waals surface area contributed by atoms with Crippen LogP contribution in [0.2, 0.25) is 0 Å². The number of nitrogens with zero attached hydrogens (tertiary/aromatic N) is 2. The number of benzene rings is 2. The van der Waals surface area contributed by atoms with Crippen LogP contribution >= 0.6 is 0 Å². The molecule has 7 heteroatoms. The number of phenols is 1. The van der Waals surface area contributed by atoms with Crippen LogP contribution in [0, 0.1) is 0 Å². The van der Waals surface area contributed by atoms with Gasteiger partial charge in [0.05, 0.1) is 18.2 Å². The highest BCUT2D eigenvalue weighted by atomic mass is 16.5. The van der Waals surface area contributed by atoms with Gasteiger partial charge in [-0.25, -0.2) is 0 Å². The quantitative estimate of drug-likeness (QED) is 0.592. The minimum atomic E-state index is -0.745. The number of phenolic OH excluding ortho intramolecular Hbond substituents is 1. The number of Topliss-reactive ketones (excluding diaryl/α,β-unsaturated/α-hetero) is 1. The van der Waals surface area contributed by atoms with Gasteiger partial charge in [0.15, 0.2) is 23.0 Å². The van der Waals surface area contributed by atoms with E-state index in [0.29, 0.717) is 31.7 Å². The molecule has 0 radical (unpaired) electrons. The molecule has 0 bridgehead atoms. The Morgan fingerprint density at radius 2 is 1.84 bits per heavy atom. The van der Waals surface area contributed by atoms with Gasteiger partial charge in [0.1, 0.15) is 0 Å². The van der Waals surface area contributed by atoms with Crippen molar-refractivity contribution in [3.8, 4) is 11.5 Å². The van der Waals surface area contributed by atoms with E-state index >= 15 is 0 Å². The molecule has 1 atom stereocenters. The van der Waals surface area contributed by atoms with Gasteiger partial charge in [0.25, 0.3) is 5.91 Å². The van der Waals surface area contributed by atoms with Crippen molar-refractivity contribution in [3.63, 3.8) is 0 Å². The van der Waals surface area contributed by atoms with Crippen molar-refractivity contribution < 1.29 is 24.5 Å². The zero-order valence-electron chi connectivity index (χ0n) is 18.7. The second-order valence-corrected chi connectivity index (χ2v) is 8.04. The van der Waals surface area contributed by atoms with E-state index in [2.05, 4.69) is 0 Å². The van der Waals surface area contributed by atoms with Crippen LogP contribution in [0.25, 0.3) is 0 Å². The Hall–Kier alpha value is -3.32. The van der Waals surface area contributed by atoms with Crippen molar-refractivity contribution in [1.82, 2.24) is 9.80 Å². The lowest BCUT2D eigenvalue weighted by molar-refractivity contribution is -0.129. The number of aliphatic hydroxyl groups is 1. The third-order valence-electron chi connectivity index (χ3n) is 5.48. The molecule has 32 heavy (non-hydrogen) atoms. The van der Waals surface area contributed by atoms with Gasteiger partial charge in [-0.05, 0) is 50.7 Å². The number of hydrogen-bond donors (Lipinski definition) is 2. The maximum atomic E-state index is 13.2. The predicted octanol–water partition coefficient (Wildman–Crippen LogP) is 3.25. The number of ether oxygens (including phenoxy) is 1. The van der Waals surface area contributed by atoms with Crippen molar-refractivity contribution in [3.05, 3.63) is 71.0 Å². The van der Waals surface area contributed by atoms with Crippen LogP contribution in [0.15, 0.2) is 59.9 Å². The molecule has 0 aromatic heterocycles. The summed E-state index contributed by atoms with van der Waals surface area (Å²) in [6.07, 6.45) is 0.680. The number of likely N-dealkylation sites (N-methyl/N-ethyl adjacent to an activating group) is 1. The summed E-state index contributed by atoms with van der Waals surface area (Å²) in [5.41, 5.74) is 1.71. The molecule has 2 N–H and O–H groups in total. The maximum Gasteiger partial charge on any atom is 0.290 e. The van der Waals surface area contributed by atoms with Gasteiger partial charge in [0, 0.05) is 19.5 Å². The number of amides is 1. The highest BCUT2D eigenvalue weighted by Crippen LogP contribution is 2.41. The molecule has 3 rings (SSSR count). The molecule has 0 fully saturated rings. The highest BCUT2D eigenvalue weighted by molar-refractivity contribution is 6.09. The third kappa shape index (κ3) is 5.11. The monoisotopic (exact) mass is 438 g/mol. The van der Waals surface area contributed by atoms with Crippen LogP contribution in [0.4, 0.5) is 0 Å². The molecule has 170 valence electrons. The molecule has 2 aromatic carbocycles. The normalized spacial score (nSPS) is 16.2. The van der Waals surface area contributed by atoms with Crippen LogP contribution < -0.4 is 4.74 Å². The summed E-state index contributed by atoms with van der Waals surface area (Å²) in [4.78, 5) is 29.6. The molecule has 1 aliphatic heterocycles. The number of ketones is 1. The fourth-order valence-corrected chi connectivity index (χ4v) is 3.83. The summed E-state index contributed by atoms with van der Waals surface area (Å²) in [7, 11) is 3.78. The molecule has 7 nitrogen and oxygen atoms in total. The summed E-state index contributed by atoms with van der Waals surface area (Å²) in [6, 6.07) is 13.6. The number of aromatic hydroxyl groups is 1. The number of carbonyl (C=O) groups excluding carboxylic acids is 2. The van der Waals surface area contributed by atoms with Crippen LogP contribution in [0.3, 0.4) is 0 Å². The van der Waals surface area contributed by atoms with Crippen molar-refractivity contribution in [2.75, 3.05) is 33.8 Å². The summed E-state index contributed by atoms with van der Waals surface area (Å²) >= 11 is 0. The minimum Gasteiger partial charge on any atom is -0.504 e. The minimum absolute atomic E-state index is 0.0232. The number of rotatable bonds is 10. The first-order valence-corrected chi connectivity index (χ1v) is 10.7. The lowest BCUT2D eigenvalue weighted by Crippen LogP contribution is -2.36. The molecule has 2 aromatic rings. The van der Waals surface area contributed by atoms with Gasteiger partial charge in [-0.1, -0.05) is 36.4 Å². The lowest BCUT2D eigenvalue weighted by Gasteiger charge is -2.28. The first-order chi connectivity index (χ1) is 15.3. The summed E-state index contributed by atoms with van der Waals surface area (Å²) in [6.45, 7) is 3.06. The standard InChI is InChI=1S/C25H30N2O5/c1-4-32-21-16-18(11-13-19(21)28)23-22(20(29)12-10-17-8-6-5-7-9-17)24(30)25(31)27(23)15-14-26(2)3/h5-9,11,13,16,23,28,30H,4,10,12,14-15H2,1-3H3. The SMILES string of the molecule is CCOc1cc(C2C(C(=O)CCc3ccccc3)=C(O)C(=O)N2CCN(C)C)ccc1O. The number of hydrogen-bond acceptors (Lipinski definition) is 6. The Balaban J connectivity index is 1.95. The van der Waals surface area contributed by atoms with Gasteiger partial charge in [0.2, 0.25) is 0 Å². The fraction of sp³-hybridized carbons (Fsp3) is 0.360. The average molecular weight is 439 g/mol. The smallest absolute Gasteiger partial charge is 0.290 e. The first-order valence-electron chi connectivity index (χ1n) is 10.7. The summed E-state index contributed by atoms with van der Waals surface area (Å²) in [5, 5.41) is 20.8. The molecule has 0 saturated heterocycles. The molecule has 1 unspecified atom stereocenters. The summed E-state index contributed by atoms with van der Waals surface area (Å²) < 4.78 is 5.50. The molecule has 0 saturated carbocycles. The van der Waals surface area contributed by atoms with E-state index in [1.54, 1.807) is 19.1 Å². The van der Waals surface area contributed by atoms with Gasteiger partial charge < -0.3 is 24.7 Å². The van der Waals surface area contributed by atoms with E-state index in [4.69, 9.17) is 4.74 Å². The second-order valence-electron chi connectivity index (χ2n) is 8.04. The maximum absolute atomic E-state index is 13.2. The van der Waals surface area contributed by atoms with Gasteiger partial charge in [-0.3, -0.25) is 9.59 Å². The lowest BCUT2D eigenvalue weighted by atomic mass is 9.93. The van der Waals surface area contributed by atoms with Crippen molar-refractivity contribution in [2.24, 2.45) is 0 Å². The van der Waals surface area contributed by atoms with Crippen LogP contribution in [0.5, 0.6) is 11.5 Å². The Morgan fingerprint density at radius 1 is 1.12 bits per heavy atom.